The van der Waals surface area contributed by atoms with Crippen LogP contribution in [0.5, 0.6) is 17.2 Å². The standard InChI is InChI=1S/C21H18N4O6/c1-21(13-5-8-15-16(9-13)30-11-29-15)19(26)25(20(27)23-21)10-17-22-18(24-31-17)12-3-6-14(28-2)7-4-12/h3-9H,10-11H2,1-2H3,(H,23,27)/t21-/m1/s1. The van der Waals surface area contributed by atoms with Crippen molar-refractivity contribution in [2.24, 2.45) is 0 Å². The molecule has 1 N–H and O–H groups in total. The second-order valence-electron chi connectivity index (χ2n) is 7.25. The Hall–Kier alpha value is -4.08. The smallest absolute Gasteiger partial charge is 0.325 e. The first-order valence-electron chi connectivity index (χ1n) is 9.49. The molecule has 1 fully saturated rings. The zero-order chi connectivity index (χ0) is 21.6. The van der Waals surface area contributed by atoms with Gasteiger partial charge in [-0.3, -0.25) is 9.69 Å². The van der Waals surface area contributed by atoms with Crippen LogP contribution in [0.1, 0.15) is 18.4 Å². The lowest BCUT2D eigenvalue weighted by Crippen LogP contribution is -2.40. The highest BCUT2D eigenvalue weighted by Gasteiger charge is 2.49. The Labute approximate surface area is 176 Å². The summed E-state index contributed by atoms with van der Waals surface area (Å²) in [5.41, 5.74) is 0.0527. The van der Waals surface area contributed by atoms with E-state index in [9.17, 15) is 9.59 Å². The fraction of sp³-hybridized carbons (Fsp3) is 0.238. The summed E-state index contributed by atoms with van der Waals surface area (Å²) in [5, 5.41) is 6.69. The first kappa shape index (κ1) is 18.9. The lowest BCUT2D eigenvalue weighted by atomic mass is 9.91. The quantitative estimate of drug-likeness (QED) is 0.624. The minimum atomic E-state index is -1.25. The van der Waals surface area contributed by atoms with Crippen molar-refractivity contribution in [3.05, 3.63) is 53.9 Å². The molecule has 0 saturated carbocycles. The number of urea groups is 1. The molecule has 3 amide bonds. The van der Waals surface area contributed by atoms with Crippen LogP contribution in [0.4, 0.5) is 4.79 Å². The molecule has 2 aromatic carbocycles. The van der Waals surface area contributed by atoms with Gasteiger partial charge in [0.05, 0.1) is 7.11 Å². The number of amides is 3. The average Bonchev–Trinajstić information content (AvgIpc) is 3.49. The molecule has 0 unspecified atom stereocenters. The number of nitrogens with one attached hydrogen (secondary N) is 1. The molecule has 31 heavy (non-hydrogen) atoms. The maximum atomic E-state index is 13.2. The van der Waals surface area contributed by atoms with Crippen LogP contribution >= 0.6 is 0 Å². The molecular weight excluding hydrogens is 404 g/mol. The minimum absolute atomic E-state index is 0.121. The van der Waals surface area contributed by atoms with E-state index in [2.05, 4.69) is 15.5 Å². The normalized spacial score (nSPS) is 19.6. The molecule has 3 aromatic rings. The maximum absolute atomic E-state index is 13.2. The molecule has 2 aliphatic rings. The zero-order valence-electron chi connectivity index (χ0n) is 16.7. The molecule has 1 saturated heterocycles. The molecule has 1 atom stereocenters. The summed E-state index contributed by atoms with van der Waals surface area (Å²) in [6, 6.07) is 11.7. The maximum Gasteiger partial charge on any atom is 0.325 e. The van der Waals surface area contributed by atoms with Gasteiger partial charge in [-0.25, -0.2) is 4.79 Å². The van der Waals surface area contributed by atoms with Crippen LogP contribution in [-0.4, -0.2) is 40.9 Å². The van der Waals surface area contributed by atoms with Crippen LogP contribution in [0.2, 0.25) is 0 Å². The molecule has 10 nitrogen and oxygen atoms in total. The second kappa shape index (κ2) is 7.01. The number of methoxy groups -OCH3 is 1. The van der Waals surface area contributed by atoms with Gasteiger partial charge >= 0.3 is 6.03 Å². The van der Waals surface area contributed by atoms with Crippen LogP contribution < -0.4 is 19.5 Å². The molecule has 3 heterocycles. The van der Waals surface area contributed by atoms with Crippen molar-refractivity contribution >= 4 is 11.9 Å². The van der Waals surface area contributed by atoms with Crippen molar-refractivity contribution in [3.63, 3.8) is 0 Å². The van der Waals surface area contributed by atoms with Crippen LogP contribution in [0.15, 0.2) is 47.0 Å². The Bertz CT molecular complexity index is 1170. The Morgan fingerprint density at radius 1 is 1.13 bits per heavy atom. The fourth-order valence-electron chi connectivity index (χ4n) is 3.56. The number of ether oxygens (including phenoxy) is 3. The number of rotatable bonds is 5. The molecule has 0 aliphatic carbocycles. The fourth-order valence-corrected chi connectivity index (χ4v) is 3.56. The number of hydrogen-bond donors (Lipinski definition) is 1. The van der Waals surface area contributed by atoms with Crippen LogP contribution in [0, 0.1) is 0 Å². The zero-order valence-corrected chi connectivity index (χ0v) is 16.7. The van der Waals surface area contributed by atoms with Gasteiger partial charge in [-0.15, -0.1) is 0 Å². The predicted molar refractivity (Wildman–Crippen MR) is 105 cm³/mol. The third-order valence-electron chi connectivity index (χ3n) is 5.33. The van der Waals surface area contributed by atoms with Crippen molar-refractivity contribution in [2.75, 3.05) is 13.9 Å². The third-order valence-corrected chi connectivity index (χ3v) is 5.33. The first-order chi connectivity index (χ1) is 15.0. The van der Waals surface area contributed by atoms with Gasteiger partial charge in [0, 0.05) is 5.56 Å². The van der Waals surface area contributed by atoms with E-state index in [0.29, 0.717) is 28.6 Å². The molecule has 1 aromatic heterocycles. The number of benzene rings is 2. The predicted octanol–water partition coefficient (Wildman–Crippen LogP) is 2.44. The number of hydrogen-bond acceptors (Lipinski definition) is 8. The summed E-state index contributed by atoms with van der Waals surface area (Å²) in [6.07, 6.45) is 0. The number of aromatic nitrogens is 2. The summed E-state index contributed by atoms with van der Waals surface area (Å²) in [5.74, 6) is 1.89. The van der Waals surface area contributed by atoms with E-state index in [-0.39, 0.29) is 19.2 Å². The Balaban J connectivity index is 1.36. The first-order valence-corrected chi connectivity index (χ1v) is 9.49. The number of fused-ring (bicyclic) bond motifs is 1. The average molecular weight is 422 g/mol. The number of carbonyl (C=O) groups is 2. The van der Waals surface area contributed by atoms with E-state index in [1.54, 1.807) is 56.5 Å². The summed E-state index contributed by atoms with van der Waals surface area (Å²) in [7, 11) is 1.58. The van der Waals surface area contributed by atoms with Gasteiger partial charge in [-0.05, 0) is 48.9 Å². The van der Waals surface area contributed by atoms with E-state index < -0.39 is 17.5 Å². The number of carbonyl (C=O) groups excluding carboxylic acids is 2. The monoisotopic (exact) mass is 422 g/mol. The molecule has 0 radical (unpaired) electrons. The van der Waals surface area contributed by atoms with Gasteiger partial charge in [-0.2, -0.15) is 4.98 Å². The lowest BCUT2D eigenvalue weighted by Gasteiger charge is -2.22. The SMILES string of the molecule is COc1ccc(-c2noc(CN3C(=O)N[C@](C)(c4ccc5c(c4)OCO5)C3=O)n2)cc1. The highest BCUT2D eigenvalue weighted by atomic mass is 16.7. The summed E-state index contributed by atoms with van der Waals surface area (Å²) in [6.45, 7) is 1.62. The highest BCUT2D eigenvalue weighted by Crippen LogP contribution is 2.38. The van der Waals surface area contributed by atoms with Gasteiger partial charge in [0.1, 0.15) is 17.8 Å². The second-order valence-corrected chi connectivity index (χ2v) is 7.25. The summed E-state index contributed by atoms with van der Waals surface area (Å²) < 4.78 is 21.1. The van der Waals surface area contributed by atoms with E-state index in [1.807, 2.05) is 0 Å². The molecule has 10 heteroatoms. The highest BCUT2D eigenvalue weighted by molar-refractivity contribution is 6.07. The molecular formula is C21H18N4O6. The number of imide groups is 1. The molecule has 2 aliphatic heterocycles. The van der Waals surface area contributed by atoms with Crippen molar-refractivity contribution in [1.29, 1.82) is 0 Å². The van der Waals surface area contributed by atoms with E-state index in [1.165, 1.54) is 0 Å². The van der Waals surface area contributed by atoms with E-state index in [4.69, 9.17) is 18.7 Å². The van der Waals surface area contributed by atoms with E-state index >= 15 is 0 Å². The van der Waals surface area contributed by atoms with Gasteiger partial charge in [0.2, 0.25) is 18.5 Å². The van der Waals surface area contributed by atoms with Gasteiger partial charge in [-0.1, -0.05) is 11.2 Å². The minimum Gasteiger partial charge on any atom is -0.497 e. The topological polar surface area (TPSA) is 116 Å². The van der Waals surface area contributed by atoms with Crippen molar-refractivity contribution in [1.82, 2.24) is 20.4 Å². The van der Waals surface area contributed by atoms with Crippen LogP contribution in [-0.2, 0) is 16.9 Å². The largest absolute Gasteiger partial charge is 0.497 e. The van der Waals surface area contributed by atoms with Crippen LogP contribution in [0.3, 0.4) is 0 Å². The molecule has 158 valence electrons. The molecule has 0 bridgehead atoms. The van der Waals surface area contributed by atoms with E-state index in [0.717, 1.165) is 10.5 Å². The molecule has 5 rings (SSSR count). The summed E-state index contributed by atoms with van der Waals surface area (Å²) >= 11 is 0. The van der Waals surface area contributed by atoms with Gasteiger partial charge in [0.25, 0.3) is 5.91 Å². The molecule has 0 spiro atoms. The van der Waals surface area contributed by atoms with Gasteiger partial charge < -0.3 is 24.1 Å². The van der Waals surface area contributed by atoms with Crippen molar-refractivity contribution in [2.45, 2.75) is 19.0 Å². The van der Waals surface area contributed by atoms with Crippen molar-refractivity contribution in [3.8, 4) is 28.6 Å². The summed E-state index contributed by atoms with van der Waals surface area (Å²) in [4.78, 5) is 31.1. The Morgan fingerprint density at radius 2 is 1.90 bits per heavy atom. The van der Waals surface area contributed by atoms with Crippen molar-refractivity contribution < 1.29 is 28.3 Å². The Morgan fingerprint density at radius 3 is 2.68 bits per heavy atom. The third kappa shape index (κ3) is 3.12. The number of nitrogens with zero attached hydrogens (tertiary/aromatic N) is 3. The van der Waals surface area contributed by atoms with Gasteiger partial charge in [0.15, 0.2) is 11.5 Å². The lowest BCUT2D eigenvalue weighted by molar-refractivity contribution is -0.131. The Kier molecular flexibility index (Phi) is 4.28. The van der Waals surface area contributed by atoms with Crippen LogP contribution in [0.25, 0.3) is 11.4 Å².